The summed E-state index contributed by atoms with van der Waals surface area (Å²) in [5, 5.41) is 8.96. The normalized spacial score (nSPS) is 11.3. The largest absolute Gasteiger partial charge is 0.357 e. The summed E-state index contributed by atoms with van der Waals surface area (Å²) >= 11 is 0. The highest BCUT2D eigenvalue weighted by molar-refractivity contribution is 5.85. The van der Waals surface area contributed by atoms with Crippen molar-refractivity contribution in [3.8, 4) is 11.4 Å². The average molecular weight is 346 g/mol. The monoisotopic (exact) mass is 346 g/mol. The van der Waals surface area contributed by atoms with Gasteiger partial charge in [0.1, 0.15) is 0 Å². The van der Waals surface area contributed by atoms with Crippen LogP contribution < -0.4 is 10.6 Å². The number of unbranched alkanes of at least 4 members (excludes halogenated alkanes) is 1. The molecule has 0 saturated heterocycles. The number of para-hydroxylation sites is 2. The molecule has 2 aromatic heterocycles. The molecule has 0 saturated carbocycles. The van der Waals surface area contributed by atoms with E-state index in [1.807, 2.05) is 43.4 Å². The van der Waals surface area contributed by atoms with Crippen molar-refractivity contribution >= 4 is 22.5 Å². The molecule has 132 valence electrons. The predicted molar refractivity (Wildman–Crippen MR) is 105 cm³/mol. The quantitative estimate of drug-likeness (QED) is 0.543. The summed E-state index contributed by atoms with van der Waals surface area (Å²) in [6, 6.07) is 18.2. The van der Waals surface area contributed by atoms with Gasteiger partial charge < -0.3 is 10.6 Å². The van der Waals surface area contributed by atoms with E-state index in [1.165, 1.54) is 0 Å². The molecule has 0 aliphatic carbocycles. The molecule has 0 fully saturated rings. The van der Waals surface area contributed by atoms with E-state index in [2.05, 4.69) is 37.7 Å². The van der Waals surface area contributed by atoms with Crippen LogP contribution >= 0.6 is 0 Å². The molecule has 6 heteroatoms. The summed E-state index contributed by atoms with van der Waals surface area (Å²) < 4.78 is 2.10. The van der Waals surface area contributed by atoms with Crippen molar-refractivity contribution in [2.75, 3.05) is 25.0 Å². The maximum Gasteiger partial charge on any atom is 0.204 e. The van der Waals surface area contributed by atoms with Gasteiger partial charge in [-0.1, -0.05) is 42.5 Å². The van der Waals surface area contributed by atoms with Gasteiger partial charge in [0.15, 0.2) is 11.6 Å². The maximum absolute atomic E-state index is 5.63. The van der Waals surface area contributed by atoms with Gasteiger partial charge in [0.2, 0.25) is 5.65 Å². The number of nitrogens with two attached hydrogens (primary N) is 1. The SMILES string of the molecule is CN(CCCCN)c1nc2ccccc2n2c(-c3ccccc3)nnc12. The summed E-state index contributed by atoms with van der Waals surface area (Å²) in [6.07, 6.45) is 2.02. The zero-order chi connectivity index (χ0) is 17.9. The Kier molecular flexibility index (Phi) is 4.50. The fourth-order valence-electron chi connectivity index (χ4n) is 3.20. The Balaban J connectivity index is 1.92. The number of anilines is 1. The third-order valence-corrected chi connectivity index (χ3v) is 4.55. The lowest BCUT2D eigenvalue weighted by Crippen LogP contribution is -2.21. The molecule has 0 aliphatic heterocycles. The summed E-state index contributed by atoms with van der Waals surface area (Å²) in [4.78, 5) is 7.00. The summed E-state index contributed by atoms with van der Waals surface area (Å²) in [5.41, 5.74) is 9.37. The fraction of sp³-hybridized carbons (Fsp3) is 0.250. The van der Waals surface area contributed by atoms with Gasteiger partial charge >= 0.3 is 0 Å². The third kappa shape index (κ3) is 2.88. The number of hydrogen-bond acceptors (Lipinski definition) is 5. The minimum absolute atomic E-state index is 0.706. The molecule has 2 heterocycles. The first-order chi connectivity index (χ1) is 12.8. The Morgan fingerprint density at radius 1 is 0.962 bits per heavy atom. The first-order valence-electron chi connectivity index (χ1n) is 8.90. The number of benzene rings is 2. The number of fused-ring (bicyclic) bond motifs is 3. The number of nitrogens with zero attached hydrogens (tertiary/aromatic N) is 5. The molecule has 6 nitrogen and oxygen atoms in total. The summed E-state index contributed by atoms with van der Waals surface area (Å²) in [6.45, 7) is 1.59. The van der Waals surface area contributed by atoms with E-state index in [0.29, 0.717) is 6.54 Å². The topological polar surface area (TPSA) is 72.3 Å². The molecule has 0 spiro atoms. The van der Waals surface area contributed by atoms with E-state index >= 15 is 0 Å². The van der Waals surface area contributed by atoms with Crippen LogP contribution in [-0.4, -0.2) is 39.7 Å². The van der Waals surface area contributed by atoms with E-state index < -0.39 is 0 Å². The van der Waals surface area contributed by atoms with E-state index in [1.54, 1.807) is 0 Å². The molecule has 0 unspecified atom stereocenters. The van der Waals surface area contributed by atoms with Crippen LogP contribution in [-0.2, 0) is 0 Å². The van der Waals surface area contributed by atoms with Crippen molar-refractivity contribution in [1.29, 1.82) is 0 Å². The van der Waals surface area contributed by atoms with Crippen LogP contribution in [0, 0.1) is 0 Å². The molecule has 0 radical (unpaired) electrons. The van der Waals surface area contributed by atoms with Crippen LogP contribution in [0.3, 0.4) is 0 Å². The van der Waals surface area contributed by atoms with Crippen molar-refractivity contribution in [2.45, 2.75) is 12.8 Å². The van der Waals surface area contributed by atoms with Crippen LogP contribution in [0.15, 0.2) is 54.6 Å². The molecule has 0 bridgehead atoms. The molecule has 26 heavy (non-hydrogen) atoms. The van der Waals surface area contributed by atoms with Gasteiger partial charge in [0, 0.05) is 19.2 Å². The van der Waals surface area contributed by atoms with Crippen molar-refractivity contribution in [1.82, 2.24) is 19.6 Å². The van der Waals surface area contributed by atoms with Gasteiger partial charge in [0.25, 0.3) is 0 Å². The second kappa shape index (κ2) is 7.09. The second-order valence-electron chi connectivity index (χ2n) is 6.39. The second-order valence-corrected chi connectivity index (χ2v) is 6.39. The molecule has 4 rings (SSSR count). The van der Waals surface area contributed by atoms with E-state index in [0.717, 1.165) is 53.3 Å². The Morgan fingerprint density at radius 2 is 1.73 bits per heavy atom. The summed E-state index contributed by atoms with van der Waals surface area (Å²) in [7, 11) is 2.05. The van der Waals surface area contributed by atoms with Crippen LogP contribution in [0.1, 0.15) is 12.8 Å². The molecule has 0 aliphatic rings. The van der Waals surface area contributed by atoms with Crippen molar-refractivity contribution < 1.29 is 0 Å². The molecular formula is C20H22N6. The highest BCUT2D eigenvalue weighted by Crippen LogP contribution is 2.28. The van der Waals surface area contributed by atoms with Crippen molar-refractivity contribution in [3.63, 3.8) is 0 Å². The van der Waals surface area contributed by atoms with Crippen LogP contribution in [0.25, 0.3) is 28.1 Å². The zero-order valence-corrected chi connectivity index (χ0v) is 14.8. The van der Waals surface area contributed by atoms with Gasteiger partial charge in [-0.05, 0) is 31.5 Å². The lowest BCUT2D eigenvalue weighted by Gasteiger charge is -2.19. The van der Waals surface area contributed by atoms with Crippen LogP contribution in [0.5, 0.6) is 0 Å². The van der Waals surface area contributed by atoms with E-state index in [4.69, 9.17) is 10.7 Å². The molecule has 0 atom stereocenters. The minimum Gasteiger partial charge on any atom is -0.357 e. The highest BCUT2D eigenvalue weighted by Gasteiger charge is 2.18. The van der Waals surface area contributed by atoms with E-state index in [9.17, 15) is 0 Å². The molecule has 0 amide bonds. The van der Waals surface area contributed by atoms with Crippen molar-refractivity contribution in [3.05, 3.63) is 54.6 Å². The van der Waals surface area contributed by atoms with Gasteiger partial charge in [0.05, 0.1) is 11.0 Å². The third-order valence-electron chi connectivity index (χ3n) is 4.55. The molecule has 2 aromatic carbocycles. The summed E-state index contributed by atoms with van der Waals surface area (Å²) in [5.74, 6) is 1.67. The Bertz CT molecular complexity index is 1020. The maximum atomic E-state index is 5.63. The first-order valence-corrected chi connectivity index (χ1v) is 8.90. The lowest BCUT2D eigenvalue weighted by molar-refractivity contribution is 0.724. The number of aromatic nitrogens is 4. The van der Waals surface area contributed by atoms with E-state index in [-0.39, 0.29) is 0 Å². The smallest absolute Gasteiger partial charge is 0.204 e. The average Bonchev–Trinajstić information content (AvgIpc) is 3.13. The van der Waals surface area contributed by atoms with Crippen molar-refractivity contribution in [2.24, 2.45) is 5.73 Å². The Labute approximate surface area is 152 Å². The zero-order valence-electron chi connectivity index (χ0n) is 14.8. The highest BCUT2D eigenvalue weighted by atomic mass is 15.3. The van der Waals surface area contributed by atoms with Gasteiger partial charge in [-0.2, -0.15) is 0 Å². The molecule has 4 aromatic rings. The standard InChI is InChI=1S/C20H22N6/c1-25(14-8-7-13-21)19-20-24-23-18(15-9-3-2-4-10-15)26(20)17-12-6-5-11-16(17)22-19/h2-6,9-12H,7-8,13-14,21H2,1H3. The Hall–Kier alpha value is -2.99. The minimum atomic E-state index is 0.706. The number of rotatable bonds is 6. The number of hydrogen-bond donors (Lipinski definition) is 1. The Morgan fingerprint density at radius 3 is 2.54 bits per heavy atom. The van der Waals surface area contributed by atoms with Gasteiger partial charge in [-0.3, -0.25) is 4.40 Å². The van der Waals surface area contributed by atoms with Gasteiger partial charge in [-0.25, -0.2) is 4.98 Å². The first kappa shape index (κ1) is 16.5. The molecule has 2 N–H and O–H groups in total. The predicted octanol–water partition coefficient (Wildman–Crippen LogP) is 3.12. The van der Waals surface area contributed by atoms with Crippen LogP contribution in [0.4, 0.5) is 5.82 Å². The molecular weight excluding hydrogens is 324 g/mol. The van der Waals surface area contributed by atoms with Gasteiger partial charge in [-0.15, -0.1) is 10.2 Å². The lowest BCUT2D eigenvalue weighted by atomic mass is 10.2. The van der Waals surface area contributed by atoms with Crippen LogP contribution in [0.2, 0.25) is 0 Å². The fourth-order valence-corrected chi connectivity index (χ4v) is 3.20.